The van der Waals surface area contributed by atoms with E-state index in [0.29, 0.717) is 51.8 Å². The lowest BCUT2D eigenvalue weighted by Gasteiger charge is -2.06. The summed E-state index contributed by atoms with van der Waals surface area (Å²) in [6.45, 7) is 2.82. The van der Waals surface area contributed by atoms with Gasteiger partial charge in [-0.25, -0.2) is 0 Å². The Morgan fingerprint density at radius 1 is 0.889 bits per heavy atom. The topological polar surface area (TPSA) is 74.2 Å². The second-order valence-electron chi connectivity index (χ2n) is 3.25. The molecular formula is C11H22O6S. The highest BCUT2D eigenvalue weighted by atomic mass is 32.1. The van der Waals surface area contributed by atoms with Gasteiger partial charge in [-0.15, -0.1) is 0 Å². The Labute approximate surface area is 113 Å². The fourth-order valence-corrected chi connectivity index (χ4v) is 1.17. The first-order chi connectivity index (χ1) is 8.81. The second kappa shape index (κ2) is 14.7. The molecule has 0 amide bonds. The first-order valence-electron chi connectivity index (χ1n) is 5.91. The smallest absolute Gasteiger partial charge is 0.306 e. The molecule has 0 aromatic heterocycles. The Hall–Kier alpha value is -0.340. The molecule has 108 valence electrons. The zero-order valence-corrected chi connectivity index (χ0v) is 11.4. The van der Waals surface area contributed by atoms with E-state index in [-0.39, 0.29) is 19.2 Å². The van der Waals surface area contributed by atoms with Crippen LogP contribution >= 0.6 is 12.6 Å². The third-order valence-corrected chi connectivity index (χ3v) is 2.01. The molecule has 0 radical (unpaired) electrons. The molecule has 6 nitrogen and oxygen atoms in total. The van der Waals surface area contributed by atoms with Crippen molar-refractivity contribution < 1.29 is 28.8 Å². The van der Waals surface area contributed by atoms with Crippen LogP contribution in [-0.4, -0.2) is 69.7 Å². The molecule has 7 heteroatoms. The van der Waals surface area contributed by atoms with E-state index in [1.807, 2.05) is 0 Å². The highest BCUT2D eigenvalue weighted by molar-refractivity contribution is 7.80. The van der Waals surface area contributed by atoms with Crippen molar-refractivity contribution in [1.29, 1.82) is 0 Å². The van der Waals surface area contributed by atoms with Gasteiger partial charge in [0.15, 0.2) is 0 Å². The predicted octanol–water partition coefficient (Wildman–Crippen LogP) is -0.108. The summed E-state index contributed by atoms with van der Waals surface area (Å²) < 4.78 is 20.2. The molecular weight excluding hydrogens is 260 g/mol. The first kappa shape index (κ1) is 17.7. The van der Waals surface area contributed by atoms with E-state index in [1.54, 1.807) is 0 Å². The highest BCUT2D eigenvalue weighted by Gasteiger charge is 1.99. The van der Waals surface area contributed by atoms with Crippen molar-refractivity contribution in [1.82, 2.24) is 0 Å². The minimum atomic E-state index is -0.258. The lowest BCUT2D eigenvalue weighted by Crippen LogP contribution is -2.14. The lowest BCUT2D eigenvalue weighted by molar-refractivity contribution is -0.144. The van der Waals surface area contributed by atoms with Gasteiger partial charge < -0.3 is 24.1 Å². The van der Waals surface area contributed by atoms with Crippen LogP contribution in [0.25, 0.3) is 0 Å². The van der Waals surface area contributed by atoms with Crippen LogP contribution in [0.5, 0.6) is 0 Å². The van der Waals surface area contributed by atoms with Gasteiger partial charge in [0.2, 0.25) is 0 Å². The molecule has 0 bridgehead atoms. The monoisotopic (exact) mass is 282 g/mol. The number of thiol groups is 1. The van der Waals surface area contributed by atoms with Gasteiger partial charge in [-0.1, -0.05) is 0 Å². The summed E-state index contributed by atoms with van der Waals surface area (Å²) in [5.41, 5.74) is 0. The van der Waals surface area contributed by atoms with Crippen LogP contribution in [0.1, 0.15) is 6.42 Å². The van der Waals surface area contributed by atoms with E-state index in [4.69, 9.17) is 24.1 Å². The van der Waals surface area contributed by atoms with Crippen molar-refractivity contribution >= 4 is 18.6 Å². The van der Waals surface area contributed by atoms with Crippen LogP contribution in [-0.2, 0) is 23.7 Å². The number of rotatable bonds is 13. The van der Waals surface area contributed by atoms with E-state index in [1.165, 1.54) is 0 Å². The Balaban J connectivity index is 3.01. The zero-order chi connectivity index (χ0) is 13.5. The van der Waals surface area contributed by atoms with E-state index in [9.17, 15) is 4.79 Å². The summed E-state index contributed by atoms with van der Waals surface area (Å²) in [5.74, 6) is 0.234. The van der Waals surface area contributed by atoms with Crippen molar-refractivity contribution in [2.45, 2.75) is 6.42 Å². The molecule has 0 aliphatic carbocycles. The zero-order valence-electron chi connectivity index (χ0n) is 10.5. The van der Waals surface area contributed by atoms with Crippen molar-refractivity contribution in [2.75, 3.05) is 58.6 Å². The summed E-state index contributed by atoms with van der Waals surface area (Å²) in [5, 5.41) is 8.44. The Bertz CT molecular complexity index is 190. The van der Waals surface area contributed by atoms with Crippen LogP contribution in [0, 0.1) is 0 Å². The number of carbonyl (C=O) groups excluding carboxylic acids is 1. The molecule has 0 spiro atoms. The van der Waals surface area contributed by atoms with Gasteiger partial charge in [0.25, 0.3) is 0 Å². The van der Waals surface area contributed by atoms with Crippen LogP contribution in [0.15, 0.2) is 0 Å². The molecule has 0 rings (SSSR count). The van der Waals surface area contributed by atoms with Crippen molar-refractivity contribution in [2.24, 2.45) is 0 Å². The maximum Gasteiger partial charge on any atom is 0.306 e. The first-order valence-corrected chi connectivity index (χ1v) is 6.55. The van der Waals surface area contributed by atoms with Crippen LogP contribution < -0.4 is 0 Å². The highest BCUT2D eigenvalue weighted by Crippen LogP contribution is 1.89. The summed E-state index contributed by atoms with van der Waals surface area (Å²) in [7, 11) is 0. The number of hydrogen-bond acceptors (Lipinski definition) is 7. The van der Waals surface area contributed by atoms with Gasteiger partial charge >= 0.3 is 5.97 Å². The average Bonchev–Trinajstić information content (AvgIpc) is 2.36. The van der Waals surface area contributed by atoms with Gasteiger partial charge in [0, 0.05) is 5.75 Å². The quantitative estimate of drug-likeness (QED) is 0.279. The normalized spacial score (nSPS) is 10.6. The minimum Gasteiger partial charge on any atom is -0.463 e. The largest absolute Gasteiger partial charge is 0.463 e. The number of aliphatic hydroxyl groups is 1. The number of ether oxygens (including phenoxy) is 4. The third-order valence-electron chi connectivity index (χ3n) is 1.79. The maximum atomic E-state index is 10.9. The molecule has 0 atom stereocenters. The molecule has 0 aliphatic heterocycles. The van der Waals surface area contributed by atoms with Crippen LogP contribution in [0.3, 0.4) is 0 Å². The number of aliphatic hydroxyl groups excluding tert-OH is 1. The summed E-state index contributed by atoms with van der Waals surface area (Å²) >= 11 is 3.92. The van der Waals surface area contributed by atoms with Crippen molar-refractivity contribution in [3.8, 4) is 0 Å². The fourth-order valence-electron chi connectivity index (χ4n) is 0.984. The van der Waals surface area contributed by atoms with Crippen molar-refractivity contribution in [3.63, 3.8) is 0 Å². The molecule has 0 unspecified atom stereocenters. The van der Waals surface area contributed by atoms with Gasteiger partial charge in [0.05, 0.1) is 52.7 Å². The molecule has 1 N–H and O–H groups in total. The lowest BCUT2D eigenvalue weighted by atomic mass is 10.5. The van der Waals surface area contributed by atoms with E-state index >= 15 is 0 Å². The number of esters is 1. The van der Waals surface area contributed by atoms with E-state index < -0.39 is 0 Å². The van der Waals surface area contributed by atoms with E-state index in [2.05, 4.69) is 12.6 Å². The molecule has 0 aromatic carbocycles. The summed E-state index contributed by atoms with van der Waals surface area (Å²) in [4.78, 5) is 10.9. The Morgan fingerprint density at radius 2 is 1.39 bits per heavy atom. The second-order valence-corrected chi connectivity index (χ2v) is 3.70. The van der Waals surface area contributed by atoms with Gasteiger partial charge in [-0.2, -0.15) is 12.6 Å². The molecule has 0 heterocycles. The Morgan fingerprint density at radius 3 is 1.89 bits per heavy atom. The standard InChI is InChI=1S/C11H22O6S/c12-2-3-14-4-5-15-6-7-16-8-9-17-11(13)1-10-18/h12,18H,1-10H2. The number of hydrogen-bond donors (Lipinski definition) is 2. The molecule has 0 aromatic rings. The van der Waals surface area contributed by atoms with Crippen LogP contribution in [0.4, 0.5) is 0 Å². The van der Waals surface area contributed by atoms with Crippen LogP contribution in [0.2, 0.25) is 0 Å². The molecule has 18 heavy (non-hydrogen) atoms. The number of carbonyl (C=O) groups is 1. The van der Waals surface area contributed by atoms with Gasteiger partial charge in [-0.3, -0.25) is 4.79 Å². The molecule has 0 aliphatic rings. The summed E-state index contributed by atoms with van der Waals surface area (Å²) in [6.07, 6.45) is 0.320. The van der Waals surface area contributed by atoms with Crippen molar-refractivity contribution in [3.05, 3.63) is 0 Å². The van der Waals surface area contributed by atoms with Gasteiger partial charge in [0.1, 0.15) is 6.61 Å². The summed E-state index contributed by atoms with van der Waals surface area (Å²) in [6, 6.07) is 0. The Kier molecular flexibility index (Phi) is 14.4. The minimum absolute atomic E-state index is 0.0229. The van der Waals surface area contributed by atoms with E-state index in [0.717, 1.165) is 0 Å². The average molecular weight is 282 g/mol. The fraction of sp³-hybridized carbons (Fsp3) is 0.909. The molecule has 0 saturated carbocycles. The molecule has 0 fully saturated rings. The SMILES string of the molecule is O=C(CCS)OCCOCCOCCOCCO. The predicted molar refractivity (Wildman–Crippen MR) is 69.0 cm³/mol. The van der Waals surface area contributed by atoms with Gasteiger partial charge in [-0.05, 0) is 0 Å². The maximum absolute atomic E-state index is 10.9. The molecule has 0 saturated heterocycles. The third kappa shape index (κ3) is 13.7.